The number of nitrogens with zero attached hydrogens (tertiary/aromatic N) is 2. The molecule has 2 rings (SSSR count). The van der Waals surface area contributed by atoms with E-state index in [4.69, 9.17) is 0 Å². The third-order valence-corrected chi connectivity index (χ3v) is 3.07. The van der Waals surface area contributed by atoms with Gasteiger partial charge in [-0.3, -0.25) is 4.98 Å². The van der Waals surface area contributed by atoms with Gasteiger partial charge in [-0.1, -0.05) is 0 Å². The van der Waals surface area contributed by atoms with Crippen LogP contribution in [0.4, 0.5) is 5.69 Å². The van der Waals surface area contributed by atoms with Crippen LogP contribution >= 0.6 is 15.9 Å². The molecule has 0 spiro atoms. The largest absolute Gasteiger partial charge is 0.377 e. The van der Waals surface area contributed by atoms with E-state index in [0.717, 1.165) is 16.0 Å². The number of aryl methyl sites for hydroxylation is 1. The zero-order valence-corrected chi connectivity index (χ0v) is 11.4. The molecule has 2 aromatic rings. The van der Waals surface area contributed by atoms with Crippen LogP contribution in [0.15, 0.2) is 41.3 Å². The van der Waals surface area contributed by atoms with Crippen molar-refractivity contribution >= 4 is 21.6 Å². The molecule has 88 valence electrons. The maximum absolute atomic E-state index is 4.36. The molecule has 0 bridgehead atoms. The Balaban J connectivity index is 2.16. The van der Waals surface area contributed by atoms with Crippen LogP contribution in [-0.4, -0.2) is 9.97 Å². The van der Waals surface area contributed by atoms with Gasteiger partial charge in [0, 0.05) is 18.4 Å². The molecule has 0 saturated heterocycles. The summed E-state index contributed by atoms with van der Waals surface area (Å²) in [7, 11) is 0. The molecule has 4 heteroatoms. The van der Waals surface area contributed by atoms with E-state index in [-0.39, 0.29) is 6.04 Å². The fraction of sp³-hybridized carbons (Fsp3) is 0.231. The minimum Gasteiger partial charge on any atom is -0.377 e. The minimum absolute atomic E-state index is 0.236. The first-order valence-corrected chi connectivity index (χ1v) is 6.25. The number of aromatic nitrogens is 2. The van der Waals surface area contributed by atoms with E-state index in [1.807, 2.05) is 31.2 Å². The molecule has 2 aromatic heterocycles. The molecule has 17 heavy (non-hydrogen) atoms. The Morgan fingerprint density at radius 3 is 2.53 bits per heavy atom. The fourth-order valence-corrected chi connectivity index (χ4v) is 2.05. The zero-order valence-electron chi connectivity index (χ0n) is 9.81. The van der Waals surface area contributed by atoms with Crippen LogP contribution < -0.4 is 5.32 Å². The number of hydrogen-bond acceptors (Lipinski definition) is 3. The Hall–Kier alpha value is -1.42. The summed E-state index contributed by atoms with van der Waals surface area (Å²) in [6, 6.07) is 8.23. The van der Waals surface area contributed by atoms with Gasteiger partial charge in [0.1, 0.15) is 4.60 Å². The number of pyridine rings is 2. The van der Waals surface area contributed by atoms with Gasteiger partial charge in [0.05, 0.1) is 11.4 Å². The predicted molar refractivity (Wildman–Crippen MR) is 72.9 cm³/mol. The van der Waals surface area contributed by atoms with E-state index in [1.54, 1.807) is 12.4 Å². The van der Waals surface area contributed by atoms with Crippen molar-refractivity contribution in [1.82, 2.24) is 9.97 Å². The Morgan fingerprint density at radius 1 is 1.18 bits per heavy atom. The first kappa shape index (κ1) is 12.0. The van der Waals surface area contributed by atoms with Crippen LogP contribution in [-0.2, 0) is 0 Å². The van der Waals surface area contributed by atoms with E-state index < -0.39 is 0 Å². The Bertz CT molecular complexity index is 499. The van der Waals surface area contributed by atoms with E-state index in [9.17, 15) is 0 Å². The highest BCUT2D eigenvalue weighted by Crippen LogP contribution is 2.22. The summed E-state index contributed by atoms with van der Waals surface area (Å²) in [5.41, 5.74) is 3.25. The molecule has 0 aliphatic carbocycles. The molecular formula is C13H14BrN3. The molecule has 1 atom stereocenters. The standard InChI is InChI=1S/C13H14BrN3/c1-9(11-5-7-15-8-6-11)16-12-3-4-13(14)17-10(12)2/h3-9,16H,1-2H3. The lowest BCUT2D eigenvalue weighted by Crippen LogP contribution is -2.08. The average molecular weight is 292 g/mol. The minimum atomic E-state index is 0.236. The summed E-state index contributed by atoms with van der Waals surface area (Å²) in [6.45, 7) is 4.11. The van der Waals surface area contributed by atoms with Gasteiger partial charge in [0.2, 0.25) is 0 Å². The maximum Gasteiger partial charge on any atom is 0.106 e. The Kier molecular flexibility index (Phi) is 3.74. The van der Waals surface area contributed by atoms with Crippen LogP contribution in [0.25, 0.3) is 0 Å². The van der Waals surface area contributed by atoms with Crippen LogP contribution in [0.3, 0.4) is 0 Å². The van der Waals surface area contributed by atoms with Crippen LogP contribution in [0, 0.1) is 6.92 Å². The lowest BCUT2D eigenvalue weighted by Gasteiger charge is -2.16. The molecule has 0 aromatic carbocycles. The van der Waals surface area contributed by atoms with Crippen LogP contribution in [0.1, 0.15) is 24.2 Å². The molecule has 0 aliphatic heterocycles. The monoisotopic (exact) mass is 291 g/mol. The topological polar surface area (TPSA) is 37.8 Å². The lowest BCUT2D eigenvalue weighted by molar-refractivity contribution is 0.875. The van der Waals surface area contributed by atoms with Crippen LogP contribution in [0.5, 0.6) is 0 Å². The van der Waals surface area contributed by atoms with Gasteiger partial charge in [-0.15, -0.1) is 0 Å². The van der Waals surface area contributed by atoms with Gasteiger partial charge >= 0.3 is 0 Å². The normalized spacial score (nSPS) is 12.2. The molecular weight excluding hydrogens is 278 g/mol. The average Bonchev–Trinajstić information content (AvgIpc) is 2.34. The van der Waals surface area contributed by atoms with Gasteiger partial charge in [-0.05, 0) is 59.6 Å². The van der Waals surface area contributed by atoms with Gasteiger partial charge in [-0.25, -0.2) is 4.98 Å². The second kappa shape index (κ2) is 5.27. The summed E-state index contributed by atoms with van der Waals surface area (Å²) in [5, 5.41) is 3.44. The smallest absolute Gasteiger partial charge is 0.106 e. The van der Waals surface area contributed by atoms with Crippen molar-refractivity contribution in [3.05, 3.63) is 52.5 Å². The van der Waals surface area contributed by atoms with Gasteiger partial charge in [0.15, 0.2) is 0 Å². The lowest BCUT2D eigenvalue weighted by atomic mass is 10.1. The Labute approximate surface area is 109 Å². The molecule has 2 heterocycles. The van der Waals surface area contributed by atoms with E-state index in [0.29, 0.717) is 0 Å². The summed E-state index contributed by atoms with van der Waals surface area (Å²) in [5.74, 6) is 0. The van der Waals surface area contributed by atoms with Crippen molar-refractivity contribution in [2.24, 2.45) is 0 Å². The quantitative estimate of drug-likeness (QED) is 0.876. The van der Waals surface area contributed by atoms with Crippen LogP contribution in [0.2, 0.25) is 0 Å². The number of rotatable bonds is 3. The van der Waals surface area contributed by atoms with E-state index in [2.05, 4.69) is 38.1 Å². The second-order valence-corrected chi connectivity index (χ2v) is 4.73. The number of nitrogens with one attached hydrogen (secondary N) is 1. The van der Waals surface area contributed by atoms with Gasteiger partial charge in [-0.2, -0.15) is 0 Å². The van der Waals surface area contributed by atoms with E-state index in [1.165, 1.54) is 5.56 Å². The molecule has 0 aliphatic rings. The van der Waals surface area contributed by atoms with Crippen molar-refractivity contribution in [2.75, 3.05) is 5.32 Å². The molecule has 0 fully saturated rings. The molecule has 1 unspecified atom stereocenters. The predicted octanol–water partition coefficient (Wildman–Crippen LogP) is 3.72. The highest BCUT2D eigenvalue weighted by Gasteiger charge is 2.07. The molecule has 1 N–H and O–H groups in total. The van der Waals surface area contributed by atoms with Crippen molar-refractivity contribution in [2.45, 2.75) is 19.9 Å². The Morgan fingerprint density at radius 2 is 1.88 bits per heavy atom. The van der Waals surface area contributed by atoms with Crippen molar-refractivity contribution in [3.63, 3.8) is 0 Å². The maximum atomic E-state index is 4.36. The van der Waals surface area contributed by atoms with Gasteiger partial charge in [0.25, 0.3) is 0 Å². The second-order valence-electron chi connectivity index (χ2n) is 3.91. The van der Waals surface area contributed by atoms with Crippen molar-refractivity contribution in [3.8, 4) is 0 Å². The first-order valence-electron chi connectivity index (χ1n) is 5.46. The highest BCUT2D eigenvalue weighted by atomic mass is 79.9. The molecule has 3 nitrogen and oxygen atoms in total. The highest BCUT2D eigenvalue weighted by molar-refractivity contribution is 9.10. The van der Waals surface area contributed by atoms with Crippen molar-refractivity contribution in [1.29, 1.82) is 0 Å². The molecule has 0 radical (unpaired) electrons. The summed E-state index contributed by atoms with van der Waals surface area (Å²) < 4.78 is 0.858. The van der Waals surface area contributed by atoms with Gasteiger partial charge < -0.3 is 5.32 Å². The van der Waals surface area contributed by atoms with E-state index >= 15 is 0 Å². The zero-order chi connectivity index (χ0) is 12.3. The van der Waals surface area contributed by atoms with Crippen molar-refractivity contribution < 1.29 is 0 Å². The number of halogens is 1. The number of hydrogen-bond donors (Lipinski definition) is 1. The summed E-state index contributed by atoms with van der Waals surface area (Å²) >= 11 is 3.36. The number of anilines is 1. The third kappa shape index (κ3) is 3.03. The first-order chi connectivity index (χ1) is 8.16. The SMILES string of the molecule is Cc1nc(Br)ccc1NC(C)c1ccncc1. The third-order valence-electron chi connectivity index (χ3n) is 2.63. The fourth-order valence-electron chi connectivity index (χ4n) is 1.65. The molecule has 0 amide bonds. The molecule has 0 saturated carbocycles. The summed E-state index contributed by atoms with van der Waals surface area (Å²) in [4.78, 5) is 8.38. The summed E-state index contributed by atoms with van der Waals surface area (Å²) in [6.07, 6.45) is 3.61.